The first kappa shape index (κ1) is 19.5. The van der Waals surface area contributed by atoms with Gasteiger partial charge < -0.3 is 9.84 Å². The Morgan fingerprint density at radius 1 is 1.00 bits per heavy atom. The molecule has 0 spiro atoms. The van der Waals surface area contributed by atoms with Crippen LogP contribution in [-0.4, -0.2) is 21.2 Å². The molecular formula is C20H15N3O6. The highest BCUT2D eigenvalue weighted by molar-refractivity contribution is 5.83. The number of aryl methyl sites for hydroxylation is 1. The average molecular weight is 393 g/mol. The highest BCUT2D eigenvalue weighted by Gasteiger charge is 2.21. The zero-order valence-corrected chi connectivity index (χ0v) is 15.2. The Labute approximate surface area is 164 Å². The Balaban J connectivity index is 1.87. The third kappa shape index (κ3) is 4.72. The lowest BCUT2D eigenvalue weighted by Crippen LogP contribution is -1.96. The van der Waals surface area contributed by atoms with E-state index in [9.17, 15) is 25.3 Å². The van der Waals surface area contributed by atoms with Crippen LogP contribution in [0, 0.1) is 27.2 Å². The number of nitro groups is 2. The molecule has 9 nitrogen and oxygen atoms in total. The van der Waals surface area contributed by atoms with Crippen LogP contribution in [0.15, 0.2) is 65.7 Å². The summed E-state index contributed by atoms with van der Waals surface area (Å²) in [6.45, 7) is 1.88. The monoisotopic (exact) mass is 393 g/mol. The second-order valence-corrected chi connectivity index (χ2v) is 6.09. The molecule has 0 saturated heterocycles. The van der Waals surface area contributed by atoms with Crippen LogP contribution in [0.2, 0.25) is 0 Å². The first-order valence-corrected chi connectivity index (χ1v) is 8.38. The summed E-state index contributed by atoms with van der Waals surface area (Å²) in [5.74, 6) is 0.214. The summed E-state index contributed by atoms with van der Waals surface area (Å²) >= 11 is 0. The number of nitro benzene ring substituents is 2. The van der Waals surface area contributed by atoms with E-state index >= 15 is 0 Å². The molecule has 146 valence electrons. The fourth-order valence-electron chi connectivity index (χ4n) is 2.51. The minimum absolute atomic E-state index is 0.0424. The summed E-state index contributed by atoms with van der Waals surface area (Å²) in [5, 5.41) is 31.9. The fraction of sp³-hybridized carbons (Fsp3) is 0.0500. The minimum Gasteiger partial charge on any atom is -0.506 e. The van der Waals surface area contributed by atoms with Crippen LogP contribution < -0.4 is 4.74 Å². The molecule has 0 radical (unpaired) electrons. The van der Waals surface area contributed by atoms with E-state index in [4.69, 9.17) is 4.74 Å². The molecule has 0 aromatic heterocycles. The second kappa shape index (κ2) is 8.17. The predicted octanol–water partition coefficient (Wildman–Crippen LogP) is 5.06. The van der Waals surface area contributed by atoms with Crippen LogP contribution in [0.1, 0.15) is 11.1 Å². The van der Waals surface area contributed by atoms with Gasteiger partial charge in [-0.25, -0.2) is 0 Å². The van der Waals surface area contributed by atoms with Crippen LogP contribution in [0.25, 0.3) is 0 Å². The first-order chi connectivity index (χ1) is 13.8. The van der Waals surface area contributed by atoms with Crippen molar-refractivity contribution in [3.05, 3.63) is 92.0 Å². The van der Waals surface area contributed by atoms with E-state index in [2.05, 4.69) is 4.99 Å². The number of rotatable bonds is 6. The van der Waals surface area contributed by atoms with Crippen molar-refractivity contribution < 1.29 is 19.7 Å². The Bertz CT molecular complexity index is 1130. The standard InChI is InChI=1S/C20H15N3O6/c1-13-5-7-19(24)17(9-13)21-12-14-3-2-4-16(10-14)29-20-8-6-15(22(25)26)11-18(20)23(27)28/h2-12,24H,1H3. The van der Waals surface area contributed by atoms with Crippen molar-refractivity contribution in [2.24, 2.45) is 4.99 Å². The molecule has 0 heterocycles. The molecular weight excluding hydrogens is 378 g/mol. The SMILES string of the molecule is Cc1ccc(O)c(N=Cc2cccc(Oc3ccc([N+](=O)[O-])cc3[N+](=O)[O-])c2)c1. The van der Waals surface area contributed by atoms with Gasteiger partial charge in [-0.2, -0.15) is 0 Å². The lowest BCUT2D eigenvalue weighted by Gasteiger charge is -2.07. The van der Waals surface area contributed by atoms with Gasteiger partial charge in [0, 0.05) is 12.3 Å². The number of nitrogens with zero attached hydrogens (tertiary/aromatic N) is 3. The maximum absolute atomic E-state index is 11.2. The lowest BCUT2D eigenvalue weighted by molar-refractivity contribution is -0.394. The van der Waals surface area contributed by atoms with Crippen molar-refractivity contribution in [3.63, 3.8) is 0 Å². The van der Waals surface area contributed by atoms with Crippen molar-refractivity contribution in [2.75, 3.05) is 0 Å². The Hall–Kier alpha value is -4.27. The molecule has 0 aliphatic rings. The van der Waals surface area contributed by atoms with E-state index in [0.717, 1.165) is 17.7 Å². The number of benzene rings is 3. The number of phenolic OH excluding ortho intramolecular Hbond substituents is 1. The molecule has 29 heavy (non-hydrogen) atoms. The number of hydrogen-bond acceptors (Lipinski definition) is 7. The van der Waals surface area contributed by atoms with Gasteiger partial charge in [-0.3, -0.25) is 25.2 Å². The van der Waals surface area contributed by atoms with Gasteiger partial charge >= 0.3 is 5.69 Å². The van der Waals surface area contributed by atoms with Crippen molar-refractivity contribution in [3.8, 4) is 17.2 Å². The van der Waals surface area contributed by atoms with Gasteiger partial charge in [-0.15, -0.1) is 0 Å². The van der Waals surface area contributed by atoms with Crippen LogP contribution in [0.3, 0.4) is 0 Å². The molecule has 0 atom stereocenters. The number of aromatic hydroxyl groups is 1. The average Bonchev–Trinajstić information content (AvgIpc) is 2.69. The number of aliphatic imine (C=N–C) groups is 1. The van der Waals surface area contributed by atoms with Gasteiger partial charge in [-0.05, 0) is 48.4 Å². The zero-order chi connectivity index (χ0) is 21.0. The third-order valence-corrected chi connectivity index (χ3v) is 3.92. The predicted molar refractivity (Wildman–Crippen MR) is 106 cm³/mol. The summed E-state index contributed by atoms with van der Waals surface area (Å²) in [6, 6.07) is 14.8. The molecule has 3 aromatic carbocycles. The van der Waals surface area contributed by atoms with Gasteiger partial charge in [0.05, 0.1) is 15.9 Å². The maximum Gasteiger partial charge on any atom is 0.318 e. The summed E-state index contributed by atoms with van der Waals surface area (Å²) in [7, 11) is 0. The van der Waals surface area contributed by atoms with E-state index in [-0.39, 0.29) is 11.5 Å². The van der Waals surface area contributed by atoms with Gasteiger partial charge in [0.2, 0.25) is 5.75 Å². The van der Waals surface area contributed by atoms with Crippen molar-refractivity contribution >= 4 is 23.3 Å². The van der Waals surface area contributed by atoms with E-state index in [1.807, 2.05) is 6.92 Å². The van der Waals surface area contributed by atoms with E-state index in [1.54, 1.807) is 42.5 Å². The number of non-ortho nitro benzene ring substituents is 1. The third-order valence-electron chi connectivity index (χ3n) is 3.92. The fourth-order valence-corrected chi connectivity index (χ4v) is 2.51. The lowest BCUT2D eigenvalue weighted by atomic mass is 10.2. The van der Waals surface area contributed by atoms with Gasteiger partial charge in [0.15, 0.2) is 0 Å². The van der Waals surface area contributed by atoms with E-state index in [0.29, 0.717) is 17.0 Å². The summed E-state index contributed by atoms with van der Waals surface area (Å²) in [4.78, 5) is 24.9. The van der Waals surface area contributed by atoms with Gasteiger partial charge in [-0.1, -0.05) is 18.2 Å². The highest BCUT2D eigenvalue weighted by atomic mass is 16.6. The number of hydrogen-bond donors (Lipinski definition) is 1. The first-order valence-electron chi connectivity index (χ1n) is 8.38. The molecule has 1 N–H and O–H groups in total. The molecule has 0 saturated carbocycles. The second-order valence-electron chi connectivity index (χ2n) is 6.09. The quantitative estimate of drug-likeness (QED) is 0.354. The Kier molecular flexibility index (Phi) is 5.49. The topological polar surface area (TPSA) is 128 Å². The molecule has 0 fully saturated rings. The van der Waals surface area contributed by atoms with Crippen molar-refractivity contribution in [1.82, 2.24) is 0 Å². The molecule has 3 aromatic rings. The Morgan fingerprint density at radius 2 is 1.79 bits per heavy atom. The molecule has 0 aliphatic carbocycles. The zero-order valence-electron chi connectivity index (χ0n) is 15.2. The smallest absolute Gasteiger partial charge is 0.318 e. The van der Waals surface area contributed by atoms with Crippen LogP contribution >= 0.6 is 0 Å². The number of phenols is 1. The van der Waals surface area contributed by atoms with E-state index in [1.165, 1.54) is 12.3 Å². The van der Waals surface area contributed by atoms with Crippen molar-refractivity contribution in [1.29, 1.82) is 0 Å². The molecule has 0 bridgehead atoms. The molecule has 9 heteroatoms. The Morgan fingerprint density at radius 3 is 2.52 bits per heavy atom. The molecule has 0 unspecified atom stereocenters. The van der Waals surface area contributed by atoms with Crippen LogP contribution in [0.4, 0.5) is 17.1 Å². The van der Waals surface area contributed by atoms with Crippen molar-refractivity contribution in [2.45, 2.75) is 6.92 Å². The highest BCUT2D eigenvalue weighted by Crippen LogP contribution is 2.34. The van der Waals surface area contributed by atoms with E-state index < -0.39 is 21.2 Å². The molecule has 0 aliphatic heterocycles. The van der Waals surface area contributed by atoms with Crippen LogP contribution in [0.5, 0.6) is 17.2 Å². The molecule has 3 rings (SSSR count). The summed E-state index contributed by atoms with van der Waals surface area (Å²) < 4.78 is 5.57. The molecule has 0 amide bonds. The normalized spacial score (nSPS) is 10.8. The van der Waals surface area contributed by atoms with Gasteiger partial charge in [0.25, 0.3) is 5.69 Å². The maximum atomic E-state index is 11.2. The minimum atomic E-state index is -0.742. The number of ether oxygens (including phenoxy) is 1. The summed E-state index contributed by atoms with van der Waals surface area (Å²) in [5.41, 5.74) is 1.07. The van der Waals surface area contributed by atoms with Crippen LogP contribution in [-0.2, 0) is 0 Å². The largest absolute Gasteiger partial charge is 0.506 e. The summed E-state index contributed by atoms with van der Waals surface area (Å²) in [6.07, 6.45) is 1.52. The van der Waals surface area contributed by atoms with Gasteiger partial charge in [0.1, 0.15) is 17.2 Å².